The molecule has 0 aliphatic carbocycles. The second-order valence-corrected chi connectivity index (χ2v) is 7.30. The summed E-state index contributed by atoms with van der Waals surface area (Å²) in [4.78, 5) is 25.8. The molecule has 0 fully saturated rings. The highest BCUT2D eigenvalue weighted by Crippen LogP contribution is 2.28. The molecule has 0 bridgehead atoms. The summed E-state index contributed by atoms with van der Waals surface area (Å²) in [6.07, 6.45) is -3.20. The lowest BCUT2D eigenvalue weighted by Crippen LogP contribution is -2.27. The largest absolute Gasteiger partial charge is 0.478 e. The number of benzene rings is 1. The van der Waals surface area contributed by atoms with Crippen LogP contribution in [0.15, 0.2) is 52.7 Å². The van der Waals surface area contributed by atoms with Crippen molar-refractivity contribution in [2.75, 3.05) is 5.75 Å². The van der Waals surface area contributed by atoms with Crippen LogP contribution in [-0.4, -0.2) is 42.4 Å². The fraction of sp³-hybridized carbons (Fsp3) is 0.125. The van der Waals surface area contributed by atoms with Gasteiger partial charge in [0.1, 0.15) is 5.75 Å². The highest BCUT2D eigenvalue weighted by atomic mass is 32.2. The molecule has 0 unspecified atom stereocenters. The molecule has 0 aliphatic heterocycles. The van der Waals surface area contributed by atoms with Gasteiger partial charge in [-0.1, -0.05) is 12.1 Å². The molecule has 1 aromatic heterocycles. The molecule has 148 valence electrons. The fourth-order valence-electron chi connectivity index (χ4n) is 1.94. The van der Waals surface area contributed by atoms with Crippen LogP contribution in [0.25, 0.3) is 0 Å². The van der Waals surface area contributed by atoms with Crippen LogP contribution >= 0.6 is 0 Å². The van der Waals surface area contributed by atoms with Crippen LogP contribution in [0.4, 0.5) is 13.2 Å². The number of hydrazone groups is 1. The summed E-state index contributed by atoms with van der Waals surface area (Å²) in [7, 11) is -4.28. The predicted octanol–water partition coefficient (Wildman–Crippen LogP) is 1.72. The van der Waals surface area contributed by atoms with Crippen molar-refractivity contribution >= 4 is 27.9 Å². The Morgan fingerprint density at radius 1 is 1.21 bits per heavy atom. The summed E-state index contributed by atoms with van der Waals surface area (Å²) >= 11 is 0. The maximum absolute atomic E-state index is 12.5. The van der Waals surface area contributed by atoms with Gasteiger partial charge in [0.15, 0.2) is 5.03 Å². The molecule has 1 aromatic carbocycles. The maximum Gasteiger partial charge on any atom is 0.417 e. The second kappa shape index (κ2) is 8.17. The summed E-state index contributed by atoms with van der Waals surface area (Å²) in [6, 6.07) is 6.79. The number of amides is 1. The Bertz CT molecular complexity index is 1020. The van der Waals surface area contributed by atoms with Crippen LogP contribution in [0.5, 0.6) is 0 Å². The number of sulfone groups is 1. The molecular formula is C16H12F3N3O5S. The van der Waals surface area contributed by atoms with Crippen LogP contribution in [0.1, 0.15) is 21.5 Å². The quantitative estimate of drug-likeness (QED) is 0.547. The third kappa shape index (κ3) is 5.61. The average molecular weight is 415 g/mol. The number of aromatic nitrogens is 1. The Hall–Kier alpha value is -3.28. The number of aromatic carboxylic acids is 1. The number of halogens is 3. The van der Waals surface area contributed by atoms with Crippen molar-refractivity contribution in [3.8, 4) is 0 Å². The zero-order valence-electron chi connectivity index (χ0n) is 13.8. The molecule has 0 spiro atoms. The summed E-state index contributed by atoms with van der Waals surface area (Å²) in [5, 5.41) is 11.7. The zero-order valence-corrected chi connectivity index (χ0v) is 14.7. The lowest BCUT2D eigenvalue weighted by atomic mass is 10.1. The van der Waals surface area contributed by atoms with Crippen molar-refractivity contribution in [1.82, 2.24) is 10.4 Å². The van der Waals surface area contributed by atoms with Gasteiger partial charge in [-0.15, -0.1) is 0 Å². The monoisotopic (exact) mass is 415 g/mol. The Balaban J connectivity index is 2.01. The molecule has 1 heterocycles. The number of nitrogens with one attached hydrogen (secondary N) is 1. The third-order valence-electron chi connectivity index (χ3n) is 3.24. The van der Waals surface area contributed by atoms with E-state index in [1.165, 1.54) is 24.3 Å². The molecule has 2 aromatic rings. The van der Waals surface area contributed by atoms with Crippen LogP contribution in [0.3, 0.4) is 0 Å². The van der Waals surface area contributed by atoms with E-state index in [0.29, 0.717) is 23.9 Å². The molecule has 2 rings (SSSR count). The van der Waals surface area contributed by atoms with Gasteiger partial charge in [0, 0.05) is 6.20 Å². The van der Waals surface area contributed by atoms with Crippen LogP contribution in [0.2, 0.25) is 0 Å². The molecule has 0 saturated heterocycles. The van der Waals surface area contributed by atoms with E-state index in [-0.39, 0.29) is 5.56 Å². The second-order valence-electron chi connectivity index (χ2n) is 5.37. The van der Waals surface area contributed by atoms with Gasteiger partial charge in [0.25, 0.3) is 5.91 Å². The Morgan fingerprint density at radius 2 is 1.93 bits per heavy atom. The smallest absolute Gasteiger partial charge is 0.417 e. The lowest BCUT2D eigenvalue weighted by molar-refractivity contribution is -0.137. The van der Waals surface area contributed by atoms with Gasteiger partial charge in [-0.2, -0.15) is 18.3 Å². The van der Waals surface area contributed by atoms with Crippen LogP contribution < -0.4 is 5.43 Å². The molecular weight excluding hydrogens is 403 g/mol. The number of rotatable bonds is 6. The maximum atomic E-state index is 12.5. The van der Waals surface area contributed by atoms with Gasteiger partial charge in [-0.05, 0) is 29.8 Å². The minimum atomic E-state index is -4.67. The number of hydrogen-bond acceptors (Lipinski definition) is 6. The van der Waals surface area contributed by atoms with Crippen molar-refractivity contribution in [3.63, 3.8) is 0 Å². The number of pyridine rings is 1. The number of hydrogen-bond donors (Lipinski definition) is 2. The molecule has 1 amide bonds. The van der Waals surface area contributed by atoms with E-state index < -0.39 is 44.2 Å². The molecule has 2 N–H and O–H groups in total. The van der Waals surface area contributed by atoms with E-state index in [1.807, 2.05) is 5.43 Å². The first-order valence-corrected chi connectivity index (χ1v) is 9.05. The van der Waals surface area contributed by atoms with E-state index >= 15 is 0 Å². The van der Waals surface area contributed by atoms with Crippen molar-refractivity contribution in [2.45, 2.75) is 11.2 Å². The van der Waals surface area contributed by atoms with Crippen LogP contribution in [-0.2, 0) is 20.8 Å². The Morgan fingerprint density at radius 3 is 2.50 bits per heavy atom. The first kappa shape index (κ1) is 21.0. The summed E-state index contributed by atoms with van der Waals surface area (Å²) < 4.78 is 61.5. The summed E-state index contributed by atoms with van der Waals surface area (Å²) in [6.45, 7) is 0. The minimum Gasteiger partial charge on any atom is -0.478 e. The minimum absolute atomic E-state index is 0.00812. The Kier molecular flexibility index (Phi) is 6.13. The van der Waals surface area contributed by atoms with Gasteiger partial charge in [-0.25, -0.2) is 23.6 Å². The normalized spacial score (nSPS) is 12.1. The average Bonchev–Trinajstić information content (AvgIpc) is 2.61. The third-order valence-corrected chi connectivity index (χ3v) is 4.76. The molecule has 28 heavy (non-hydrogen) atoms. The van der Waals surface area contributed by atoms with Crippen molar-refractivity contribution < 1.29 is 36.3 Å². The molecule has 8 nitrogen and oxygen atoms in total. The number of carboxylic acid groups (broad SMARTS) is 1. The number of carbonyl (C=O) groups is 2. The topological polar surface area (TPSA) is 126 Å². The fourth-order valence-corrected chi connectivity index (χ4v) is 2.99. The number of alkyl halides is 3. The highest BCUT2D eigenvalue weighted by molar-refractivity contribution is 7.92. The summed E-state index contributed by atoms with van der Waals surface area (Å²) in [5.41, 5.74) is 1.15. The molecule has 12 heteroatoms. The van der Waals surface area contributed by atoms with Crippen molar-refractivity contribution in [2.24, 2.45) is 5.10 Å². The van der Waals surface area contributed by atoms with Gasteiger partial charge in [-0.3, -0.25) is 4.79 Å². The van der Waals surface area contributed by atoms with E-state index in [4.69, 9.17) is 5.11 Å². The molecule has 0 atom stereocenters. The molecule has 0 saturated carbocycles. The van der Waals surface area contributed by atoms with E-state index in [0.717, 1.165) is 6.21 Å². The predicted molar refractivity (Wildman–Crippen MR) is 90.4 cm³/mol. The summed E-state index contributed by atoms with van der Waals surface area (Å²) in [5.74, 6) is -3.29. The number of carboxylic acids is 1. The van der Waals surface area contributed by atoms with Crippen LogP contribution in [0, 0.1) is 0 Å². The van der Waals surface area contributed by atoms with E-state index in [9.17, 15) is 31.2 Å². The lowest BCUT2D eigenvalue weighted by Gasteiger charge is -2.07. The van der Waals surface area contributed by atoms with Crippen molar-refractivity contribution in [1.29, 1.82) is 0 Å². The highest BCUT2D eigenvalue weighted by Gasteiger charge is 2.31. The number of carbonyl (C=O) groups excluding carboxylic acids is 1. The van der Waals surface area contributed by atoms with Gasteiger partial charge in [0.2, 0.25) is 9.84 Å². The molecule has 0 radical (unpaired) electrons. The first-order valence-electron chi connectivity index (χ1n) is 7.40. The van der Waals surface area contributed by atoms with Gasteiger partial charge < -0.3 is 5.11 Å². The standard InChI is InChI=1S/C16H12F3N3O5S/c17-16(18,19)12-4-5-14(20-8-12)28(26,27)9-13(23)22-21-7-10-2-1-3-11(6-10)15(24)25/h1-8H,9H2,(H,22,23)(H,24,25)/b21-7+. The zero-order chi connectivity index (χ0) is 20.9. The van der Waals surface area contributed by atoms with Gasteiger partial charge >= 0.3 is 12.1 Å². The Labute approximate surface area is 156 Å². The van der Waals surface area contributed by atoms with E-state index in [1.54, 1.807) is 0 Å². The SMILES string of the molecule is O=C(CS(=O)(=O)c1ccc(C(F)(F)F)cn1)N/N=C/c1cccc(C(=O)O)c1. The first-order chi connectivity index (χ1) is 13.0. The molecule has 0 aliphatic rings. The van der Waals surface area contributed by atoms with E-state index in [2.05, 4.69) is 10.1 Å². The van der Waals surface area contributed by atoms with Crippen molar-refractivity contribution in [3.05, 3.63) is 59.3 Å². The van der Waals surface area contributed by atoms with Gasteiger partial charge in [0.05, 0.1) is 17.3 Å². The number of nitrogens with zero attached hydrogens (tertiary/aromatic N) is 2.